The summed E-state index contributed by atoms with van der Waals surface area (Å²) in [6.45, 7) is 2.94. The minimum Gasteiger partial charge on any atom is -0.493 e. The van der Waals surface area contributed by atoms with Gasteiger partial charge in [-0.25, -0.2) is 0 Å². The fourth-order valence-corrected chi connectivity index (χ4v) is 4.41. The second kappa shape index (κ2) is 9.99. The summed E-state index contributed by atoms with van der Waals surface area (Å²) in [5.41, 5.74) is 0.849. The number of carbonyl (C=O) groups excluding carboxylic acids is 2. The summed E-state index contributed by atoms with van der Waals surface area (Å²) in [6, 6.07) is 3.44. The SMILES string of the molecule is COc1cc(C(=O)NC2CCSC2)cc(NC(=O)CN2CCOCC2)c1OC. The highest BCUT2D eigenvalue weighted by atomic mass is 32.2. The number of nitrogens with one attached hydrogen (secondary N) is 2. The first-order valence-corrected chi connectivity index (χ1v) is 10.5. The molecule has 1 unspecified atom stereocenters. The van der Waals surface area contributed by atoms with Crippen molar-refractivity contribution in [1.82, 2.24) is 10.2 Å². The first-order chi connectivity index (χ1) is 13.6. The Morgan fingerprint density at radius 2 is 2.04 bits per heavy atom. The first kappa shape index (κ1) is 20.8. The molecule has 3 rings (SSSR count). The number of thioether (sulfide) groups is 1. The van der Waals surface area contributed by atoms with E-state index in [0.29, 0.717) is 36.0 Å². The molecular formula is C19H27N3O5S. The molecule has 0 aliphatic carbocycles. The molecule has 2 aliphatic rings. The van der Waals surface area contributed by atoms with Gasteiger partial charge < -0.3 is 24.8 Å². The van der Waals surface area contributed by atoms with E-state index in [4.69, 9.17) is 14.2 Å². The highest BCUT2D eigenvalue weighted by Gasteiger charge is 2.22. The molecule has 1 aromatic rings. The van der Waals surface area contributed by atoms with Gasteiger partial charge >= 0.3 is 0 Å². The van der Waals surface area contributed by atoms with Crippen molar-refractivity contribution in [2.24, 2.45) is 0 Å². The Labute approximate surface area is 169 Å². The smallest absolute Gasteiger partial charge is 0.251 e. The third-order valence-corrected chi connectivity index (χ3v) is 5.91. The number of anilines is 1. The van der Waals surface area contributed by atoms with Gasteiger partial charge in [-0.3, -0.25) is 14.5 Å². The normalized spacial score (nSPS) is 19.9. The molecule has 2 aliphatic heterocycles. The van der Waals surface area contributed by atoms with Gasteiger partial charge in [-0.2, -0.15) is 11.8 Å². The van der Waals surface area contributed by atoms with Crippen LogP contribution in [-0.4, -0.2) is 81.3 Å². The van der Waals surface area contributed by atoms with Crippen LogP contribution in [0.2, 0.25) is 0 Å². The number of carbonyl (C=O) groups is 2. The Balaban J connectivity index is 1.75. The van der Waals surface area contributed by atoms with Crippen LogP contribution < -0.4 is 20.1 Å². The maximum absolute atomic E-state index is 12.7. The Kier molecular flexibility index (Phi) is 7.41. The van der Waals surface area contributed by atoms with E-state index < -0.39 is 0 Å². The molecule has 8 nitrogen and oxygen atoms in total. The van der Waals surface area contributed by atoms with Crippen LogP contribution in [0.15, 0.2) is 12.1 Å². The van der Waals surface area contributed by atoms with E-state index in [1.807, 2.05) is 16.7 Å². The lowest BCUT2D eigenvalue weighted by atomic mass is 10.1. The number of nitrogens with zero attached hydrogens (tertiary/aromatic N) is 1. The summed E-state index contributed by atoms with van der Waals surface area (Å²) in [7, 11) is 3.01. The number of ether oxygens (including phenoxy) is 3. The van der Waals surface area contributed by atoms with Crippen LogP contribution in [0, 0.1) is 0 Å². The molecule has 2 heterocycles. The molecule has 0 radical (unpaired) electrons. The van der Waals surface area contributed by atoms with Gasteiger partial charge in [0.25, 0.3) is 5.91 Å². The van der Waals surface area contributed by atoms with Crippen molar-refractivity contribution < 1.29 is 23.8 Å². The van der Waals surface area contributed by atoms with E-state index in [9.17, 15) is 9.59 Å². The molecule has 2 fully saturated rings. The number of hydrogen-bond acceptors (Lipinski definition) is 7. The Morgan fingerprint density at radius 1 is 1.25 bits per heavy atom. The lowest BCUT2D eigenvalue weighted by Gasteiger charge is -2.26. The van der Waals surface area contributed by atoms with Crippen molar-refractivity contribution in [1.29, 1.82) is 0 Å². The van der Waals surface area contributed by atoms with Crippen molar-refractivity contribution in [3.8, 4) is 11.5 Å². The van der Waals surface area contributed by atoms with Gasteiger partial charge in [0, 0.05) is 30.4 Å². The van der Waals surface area contributed by atoms with Crippen LogP contribution in [0.25, 0.3) is 0 Å². The maximum atomic E-state index is 12.7. The molecule has 2 saturated heterocycles. The summed E-state index contributed by atoms with van der Waals surface area (Å²) in [5.74, 6) is 2.41. The van der Waals surface area contributed by atoms with Crippen LogP contribution >= 0.6 is 11.8 Å². The summed E-state index contributed by atoms with van der Waals surface area (Å²) in [5, 5.41) is 5.90. The zero-order valence-corrected chi connectivity index (χ0v) is 17.1. The van der Waals surface area contributed by atoms with E-state index in [2.05, 4.69) is 10.6 Å². The Hall–Kier alpha value is -1.97. The zero-order chi connectivity index (χ0) is 19.9. The molecule has 2 N–H and O–H groups in total. The highest BCUT2D eigenvalue weighted by molar-refractivity contribution is 7.99. The topological polar surface area (TPSA) is 89.1 Å². The molecule has 9 heteroatoms. The number of morpholine rings is 1. The lowest BCUT2D eigenvalue weighted by molar-refractivity contribution is -0.118. The molecule has 0 spiro atoms. The van der Waals surface area contributed by atoms with Gasteiger partial charge in [0.05, 0.1) is 39.7 Å². The van der Waals surface area contributed by atoms with Crippen LogP contribution in [0.4, 0.5) is 5.69 Å². The third-order valence-electron chi connectivity index (χ3n) is 4.75. The Morgan fingerprint density at radius 3 is 2.68 bits per heavy atom. The second-order valence-corrected chi connectivity index (χ2v) is 7.88. The van der Waals surface area contributed by atoms with Crippen LogP contribution in [-0.2, 0) is 9.53 Å². The summed E-state index contributed by atoms with van der Waals surface area (Å²) < 4.78 is 16.1. The van der Waals surface area contributed by atoms with E-state index in [-0.39, 0.29) is 24.4 Å². The van der Waals surface area contributed by atoms with Crippen molar-refractivity contribution in [3.05, 3.63) is 17.7 Å². The van der Waals surface area contributed by atoms with Crippen LogP contribution in [0.1, 0.15) is 16.8 Å². The molecule has 154 valence electrons. The van der Waals surface area contributed by atoms with E-state index in [1.54, 1.807) is 12.1 Å². The van der Waals surface area contributed by atoms with Crippen LogP contribution in [0.3, 0.4) is 0 Å². The summed E-state index contributed by atoms with van der Waals surface area (Å²) in [6.07, 6.45) is 0.965. The molecule has 0 saturated carbocycles. The fraction of sp³-hybridized carbons (Fsp3) is 0.579. The standard InChI is InChI=1S/C19H27N3O5S/c1-25-16-10-13(19(24)20-14-3-8-28-12-14)9-15(18(16)26-2)21-17(23)11-22-4-6-27-7-5-22/h9-10,14H,3-8,11-12H2,1-2H3,(H,20,24)(H,21,23). The Bertz CT molecular complexity index is 703. The molecule has 0 aromatic heterocycles. The van der Waals surface area contributed by atoms with Gasteiger partial charge in [-0.05, 0) is 24.3 Å². The van der Waals surface area contributed by atoms with Crippen molar-refractivity contribution >= 4 is 29.3 Å². The van der Waals surface area contributed by atoms with Gasteiger partial charge in [-0.1, -0.05) is 0 Å². The number of methoxy groups -OCH3 is 2. The number of hydrogen-bond donors (Lipinski definition) is 2. The van der Waals surface area contributed by atoms with Gasteiger partial charge in [0.1, 0.15) is 0 Å². The van der Waals surface area contributed by atoms with Gasteiger partial charge in [0.15, 0.2) is 11.5 Å². The zero-order valence-electron chi connectivity index (χ0n) is 16.3. The maximum Gasteiger partial charge on any atom is 0.251 e. The molecule has 1 atom stereocenters. The quantitative estimate of drug-likeness (QED) is 0.700. The van der Waals surface area contributed by atoms with E-state index in [0.717, 1.165) is 31.0 Å². The molecule has 0 bridgehead atoms. The minimum atomic E-state index is -0.183. The highest BCUT2D eigenvalue weighted by Crippen LogP contribution is 2.36. The van der Waals surface area contributed by atoms with Crippen molar-refractivity contribution in [2.75, 3.05) is 63.9 Å². The summed E-state index contributed by atoms with van der Waals surface area (Å²) in [4.78, 5) is 27.2. The van der Waals surface area contributed by atoms with E-state index in [1.165, 1.54) is 14.2 Å². The summed E-state index contributed by atoms with van der Waals surface area (Å²) >= 11 is 1.83. The van der Waals surface area contributed by atoms with Crippen LogP contribution in [0.5, 0.6) is 11.5 Å². The second-order valence-electron chi connectivity index (χ2n) is 6.73. The van der Waals surface area contributed by atoms with Crippen molar-refractivity contribution in [3.63, 3.8) is 0 Å². The molecular weight excluding hydrogens is 382 g/mol. The fourth-order valence-electron chi connectivity index (χ4n) is 3.26. The first-order valence-electron chi connectivity index (χ1n) is 9.35. The van der Waals surface area contributed by atoms with Gasteiger partial charge in [-0.15, -0.1) is 0 Å². The van der Waals surface area contributed by atoms with E-state index >= 15 is 0 Å². The number of benzene rings is 1. The number of rotatable bonds is 7. The van der Waals surface area contributed by atoms with Crippen molar-refractivity contribution in [2.45, 2.75) is 12.5 Å². The van der Waals surface area contributed by atoms with Gasteiger partial charge in [0.2, 0.25) is 5.91 Å². The largest absolute Gasteiger partial charge is 0.493 e. The predicted octanol–water partition coefficient (Wildman–Crippen LogP) is 1.21. The minimum absolute atomic E-state index is 0.171. The molecule has 28 heavy (non-hydrogen) atoms. The monoisotopic (exact) mass is 409 g/mol. The lowest BCUT2D eigenvalue weighted by Crippen LogP contribution is -2.41. The number of amides is 2. The average Bonchev–Trinajstić information content (AvgIpc) is 3.21. The molecule has 2 amide bonds. The third kappa shape index (κ3) is 5.30. The predicted molar refractivity (Wildman–Crippen MR) is 109 cm³/mol. The average molecular weight is 410 g/mol. The molecule has 1 aromatic carbocycles.